The number of halogens is 4. The van der Waals surface area contributed by atoms with Crippen LogP contribution in [-0.4, -0.2) is 0 Å². The molecule has 0 fully saturated rings. The number of hydrogen-bond donors (Lipinski definition) is 1. The summed E-state index contributed by atoms with van der Waals surface area (Å²) in [5.41, 5.74) is 3.99. The lowest BCUT2D eigenvalue weighted by atomic mass is 10.0. The number of benzene rings is 1. The largest absolute Gasteiger partial charge is 0.416 e. The molecular formula is C9H6ClF3N2. The Morgan fingerprint density at radius 1 is 1.40 bits per heavy atom. The fraction of sp³-hybridized carbons (Fsp3) is 0.222. The molecule has 0 unspecified atom stereocenters. The van der Waals surface area contributed by atoms with E-state index in [-0.39, 0.29) is 16.3 Å². The summed E-state index contributed by atoms with van der Waals surface area (Å²) >= 11 is 5.59. The van der Waals surface area contributed by atoms with Crippen LogP contribution in [0, 0.1) is 11.3 Å². The molecule has 0 atom stereocenters. The molecule has 80 valence electrons. The number of nitrogens with zero attached hydrogens (tertiary/aromatic N) is 1. The van der Waals surface area contributed by atoms with Gasteiger partial charge in [0.15, 0.2) is 0 Å². The van der Waals surface area contributed by atoms with Gasteiger partial charge in [-0.3, -0.25) is 0 Å². The van der Waals surface area contributed by atoms with Gasteiger partial charge >= 0.3 is 6.18 Å². The second kappa shape index (κ2) is 3.99. The first kappa shape index (κ1) is 11.7. The molecule has 2 nitrogen and oxygen atoms in total. The second-order valence-electron chi connectivity index (χ2n) is 2.86. The van der Waals surface area contributed by atoms with Gasteiger partial charge in [-0.15, -0.1) is 0 Å². The lowest BCUT2D eigenvalue weighted by molar-refractivity contribution is -0.138. The first-order valence-corrected chi connectivity index (χ1v) is 4.26. The van der Waals surface area contributed by atoms with Gasteiger partial charge < -0.3 is 5.73 Å². The SMILES string of the molecule is N#CCc1c(Cl)cc(N)cc1C(F)(F)F. The number of rotatable bonds is 1. The average molecular weight is 235 g/mol. The molecule has 1 aromatic carbocycles. The predicted octanol–water partition coefficient (Wildman–Crippen LogP) is 3.01. The van der Waals surface area contributed by atoms with Crippen LogP contribution in [0.1, 0.15) is 11.1 Å². The van der Waals surface area contributed by atoms with Gasteiger partial charge in [-0.1, -0.05) is 11.6 Å². The normalized spacial score (nSPS) is 11.1. The first-order chi connectivity index (χ1) is 6.86. The molecule has 0 aliphatic heterocycles. The van der Waals surface area contributed by atoms with Gasteiger partial charge in [0.25, 0.3) is 0 Å². The Kier molecular flexibility index (Phi) is 3.10. The van der Waals surface area contributed by atoms with E-state index in [1.165, 1.54) is 6.07 Å². The quantitative estimate of drug-likeness (QED) is 0.760. The summed E-state index contributed by atoms with van der Waals surface area (Å²) in [6.45, 7) is 0. The molecule has 0 aliphatic carbocycles. The Morgan fingerprint density at radius 3 is 2.47 bits per heavy atom. The Hall–Kier alpha value is -1.41. The minimum Gasteiger partial charge on any atom is -0.399 e. The van der Waals surface area contributed by atoms with E-state index < -0.39 is 18.2 Å². The second-order valence-corrected chi connectivity index (χ2v) is 3.27. The van der Waals surface area contributed by atoms with Crippen molar-refractivity contribution in [3.8, 4) is 6.07 Å². The summed E-state index contributed by atoms with van der Waals surface area (Å²) in [6.07, 6.45) is -4.95. The van der Waals surface area contributed by atoms with E-state index in [4.69, 9.17) is 22.6 Å². The molecule has 6 heteroatoms. The highest BCUT2D eigenvalue weighted by atomic mass is 35.5. The van der Waals surface area contributed by atoms with Gasteiger partial charge in [0.1, 0.15) is 0 Å². The number of nitrogen functional groups attached to an aromatic ring is 1. The Balaban J connectivity index is 3.41. The van der Waals surface area contributed by atoms with E-state index in [9.17, 15) is 13.2 Å². The minimum atomic E-state index is -4.55. The van der Waals surface area contributed by atoms with Crippen molar-refractivity contribution < 1.29 is 13.2 Å². The predicted molar refractivity (Wildman–Crippen MR) is 50.2 cm³/mol. The van der Waals surface area contributed by atoms with Crippen molar-refractivity contribution in [2.45, 2.75) is 12.6 Å². The van der Waals surface area contributed by atoms with E-state index in [1.807, 2.05) is 0 Å². The third kappa shape index (κ3) is 2.54. The third-order valence-corrected chi connectivity index (χ3v) is 2.12. The summed E-state index contributed by atoms with van der Waals surface area (Å²) in [5, 5.41) is 8.26. The minimum absolute atomic E-state index is 0.0750. The maximum Gasteiger partial charge on any atom is 0.416 e. The zero-order valence-corrected chi connectivity index (χ0v) is 8.15. The van der Waals surface area contributed by atoms with Crippen molar-refractivity contribution in [3.05, 3.63) is 28.3 Å². The van der Waals surface area contributed by atoms with E-state index in [1.54, 1.807) is 6.07 Å². The van der Waals surface area contributed by atoms with E-state index in [0.717, 1.165) is 6.07 Å². The molecule has 0 aliphatic rings. The van der Waals surface area contributed by atoms with Crippen molar-refractivity contribution in [2.24, 2.45) is 0 Å². The zero-order valence-electron chi connectivity index (χ0n) is 7.40. The summed E-state index contributed by atoms with van der Waals surface area (Å²) in [7, 11) is 0. The van der Waals surface area contributed by atoms with Crippen molar-refractivity contribution >= 4 is 17.3 Å². The molecule has 0 radical (unpaired) electrons. The molecule has 0 heterocycles. The lowest BCUT2D eigenvalue weighted by Gasteiger charge is -2.13. The van der Waals surface area contributed by atoms with Crippen molar-refractivity contribution in [1.82, 2.24) is 0 Å². The standard InChI is InChI=1S/C9H6ClF3N2/c10-8-4-5(15)3-7(9(11,12)13)6(8)1-2-14/h3-4H,1,15H2. The van der Waals surface area contributed by atoms with Crippen molar-refractivity contribution in [1.29, 1.82) is 5.26 Å². The Bertz CT molecular complexity index is 421. The Morgan fingerprint density at radius 2 is 2.00 bits per heavy atom. The smallest absolute Gasteiger partial charge is 0.399 e. The molecular weight excluding hydrogens is 229 g/mol. The zero-order chi connectivity index (χ0) is 11.6. The number of alkyl halides is 3. The van der Waals surface area contributed by atoms with Crippen LogP contribution in [0.15, 0.2) is 12.1 Å². The fourth-order valence-corrected chi connectivity index (χ4v) is 1.46. The van der Waals surface area contributed by atoms with Gasteiger partial charge in [0.05, 0.1) is 18.1 Å². The third-order valence-electron chi connectivity index (χ3n) is 1.78. The van der Waals surface area contributed by atoms with Gasteiger partial charge in [0, 0.05) is 10.7 Å². The van der Waals surface area contributed by atoms with Crippen LogP contribution in [-0.2, 0) is 12.6 Å². The van der Waals surface area contributed by atoms with Crippen molar-refractivity contribution in [3.63, 3.8) is 0 Å². The monoisotopic (exact) mass is 234 g/mol. The number of hydrogen-bond acceptors (Lipinski definition) is 2. The van der Waals surface area contributed by atoms with Crippen LogP contribution in [0.2, 0.25) is 5.02 Å². The van der Waals surface area contributed by atoms with Crippen LogP contribution in [0.3, 0.4) is 0 Å². The van der Waals surface area contributed by atoms with Crippen LogP contribution in [0.25, 0.3) is 0 Å². The molecule has 0 aromatic heterocycles. The molecule has 1 rings (SSSR count). The maximum absolute atomic E-state index is 12.5. The van der Waals surface area contributed by atoms with Crippen molar-refractivity contribution in [2.75, 3.05) is 5.73 Å². The summed E-state index contributed by atoms with van der Waals surface area (Å²) < 4.78 is 37.5. The highest BCUT2D eigenvalue weighted by Crippen LogP contribution is 2.36. The van der Waals surface area contributed by atoms with Crippen LogP contribution < -0.4 is 5.73 Å². The van der Waals surface area contributed by atoms with E-state index in [2.05, 4.69) is 0 Å². The topological polar surface area (TPSA) is 49.8 Å². The maximum atomic E-state index is 12.5. The number of nitriles is 1. The fourth-order valence-electron chi connectivity index (χ4n) is 1.17. The molecule has 0 bridgehead atoms. The van der Waals surface area contributed by atoms with E-state index >= 15 is 0 Å². The Labute approximate surface area is 89.1 Å². The first-order valence-electron chi connectivity index (χ1n) is 3.88. The van der Waals surface area contributed by atoms with Gasteiger partial charge in [-0.05, 0) is 17.7 Å². The highest BCUT2D eigenvalue weighted by Gasteiger charge is 2.34. The average Bonchev–Trinajstić information content (AvgIpc) is 2.07. The number of anilines is 1. The molecule has 0 saturated heterocycles. The molecule has 1 aromatic rings. The van der Waals surface area contributed by atoms with Gasteiger partial charge in [-0.2, -0.15) is 18.4 Å². The van der Waals surface area contributed by atoms with Crippen LogP contribution >= 0.6 is 11.6 Å². The van der Waals surface area contributed by atoms with Gasteiger partial charge in [0.2, 0.25) is 0 Å². The molecule has 0 spiro atoms. The summed E-state index contributed by atoms with van der Waals surface area (Å²) in [6, 6.07) is 3.61. The summed E-state index contributed by atoms with van der Waals surface area (Å²) in [4.78, 5) is 0. The molecule has 2 N–H and O–H groups in total. The number of nitrogens with two attached hydrogens (primary N) is 1. The lowest BCUT2D eigenvalue weighted by Crippen LogP contribution is -2.10. The summed E-state index contributed by atoms with van der Waals surface area (Å²) in [5.74, 6) is 0. The van der Waals surface area contributed by atoms with Crippen LogP contribution in [0.5, 0.6) is 0 Å². The molecule has 0 saturated carbocycles. The highest BCUT2D eigenvalue weighted by molar-refractivity contribution is 6.31. The molecule has 15 heavy (non-hydrogen) atoms. The molecule has 0 amide bonds. The van der Waals surface area contributed by atoms with E-state index in [0.29, 0.717) is 0 Å². The van der Waals surface area contributed by atoms with Gasteiger partial charge in [-0.25, -0.2) is 0 Å². The van der Waals surface area contributed by atoms with Crippen LogP contribution in [0.4, 0.5) is 18.9 Å².